The summed E-state index contributed by atoms with van der Waals surface area (Å²) in [4.78, 5) is 0. The second-order valence-electron chi connectivity index (χ2n) is 10.8. The van der Waals surface area contributed by atoms with Gasteiger partial charge in [0.2, 0.25) is 0 Å². The minimum Gasteiger partial charge on any atom is -0.208 e. The molecule has 35 heavy (non-hydrogen) atoms. The van der Waals surface area contributed by atoms with Crippen molar-refractivity contribution in [2.24, 2.45) is 7.05 Å². The summed E-state index contributed by atoms with van der Waals surface area (Å²) in [5.74, 6) is 0. The highest BCUT2D eigenvalue weighted by atomic mass is 14.9. The molecule has 2 nitrogen and oxygen atoms in total. The van der Waals surface area contributed by atoms with Gasteiger partial charge >= 0.3 is 0 Å². The Hall–Kier alpha value is -1.70. The third-order valence-corrected chi connectivity index (χ3v) is 7.47. The maximum Gasteiger partial charge on any atom is 0.169 e. The van der Waals surface area contributed by atoms with Gasteiger partial charge in [-0.1, -0.05) is 122 Å². The summed E-state index contributed by atoms with van der Waals surface area (Å²) in [6.07, 6.45) is 37.5. The van der Waals surface area contributed by atoms with Crippen LogP contribution in [0.5, 0.6) is 0 Å². The Morgan fingerprint density at radius 3 is 1.11 bits per heavy atom. The molecule has 0 aromatic carbocycles. The van der Waals surface area contributed by atoms with Gasteiger partial charge in [-0.15, -0.1) is 0 Å². The molecule has 0 saturated heterocycles. The highest BCUT2D eigenvalue weighted by Crippen LogP contribution is 2.16. The minimum atomic E-state index is 1.14. The summed E-state index contributed by atoms with van der Waals surface area (Å²) in [6, 6.07) is 8.84. The van der Waals surface area contributed by atoms with Crippen molar-refractivity contribution in [3.63, 3.8) is 0 Å². The Morgan fingerprint density at radius 2 is 0.743 bits per heavy atom. The van der Waals surface area contributed by atoms with Crippen LogP contribution < -0.4 is 9.13 Å². The molecule has 0 radical (unpaired) electrons. The van der Waals surface area contributed by atoms with Crippen LogP contribution in [0.15, 0.2) is 49.1 Å². The minimum absolute atomic E-state index is 1.14. The molecule has 0 amide bonds. The molecule has 0 aliphatic heterocycles. The predicted molar refractivity (Wildman–Crippen MR) is 151 cm³/mol. The summed E-state index contributed by atoms with van der Waals surface area (Å²) in [6.45, 7) is 3.44. The van der Waals surface area contributed by atoms with E-state index in [9.17, 15) is 0 Å². The lowest BCUT2D eigenvalue weighted by Gasteiger charge is -2.04. The van der Waals surface area contributed by atoms with Gasteiger partial charge in [0.05, 0.1) is 0 Å². The van der Waals surface area contributed by atoms with Gasteiger partial charge < -0.3 is 0 Å². The van der Waals surface area contributed by atoms with Crippen molar-refractivity contribution in [2.45, 2.75) is 142 Å². The van der Waals surface area contributed by atoms with E-state index in [4.69, 9.17) is 0 Å². The Balaban J connectivity index is 1.32. The zero-order valence-corrected chi connectivity index (χ0v) is 23.4. The molecule has 0 unspecified atom stereocenters. The molecule has 2 heteroatoms. The van der Waals surface area contributed by atoms with Gasteiger partial charge in [-0.2, -0.15) is 0 Å². The summed E-state index contributed by atoms with van der Waals surface area (Å²) < 4.78 is 4.41. The second-order valence-corrected chi connectivity index (χ2v) is 10.8. The number of nitrogens with zero attached hydrogens (tertiary/aromatic N) is 2. The number of aromatic nitrogens is 2. The van der Waals surface area contributed by atoms with Crippen LogP contribution >= 0.6 is 0 Å². The third kappa shape index (κ3) is 15.1. The first-order valence-corrected chi connectivity index (χ1v) is 15.2. The molecule has 0 fully saturated rings. The van der Waals surface area contributed by atoms with Gasteiger partial charge in [0.15, 0.2) is 24.8 Å². The number of hydrogen-bond acceptors (Lipinski definition) is 0. The molecule has 2 heterocycles. The van der Waals surface area contributed by atoms with Crippen LogP contribution in [0.3, 0.4) is 0 Å². The smallest absolute Gasteiger partial charge is 0.169 e. The normalized spacial score (nSPS) is 11.3. The monoisotopic (exact) mass is 480 g/mol. The van der Waals surface area contributed by atoms with Crippen molar-refractivity contribution >= 4 is 0 Å². The fraction of sp³-hybridized carbons (Fsp3) is 0.697. The molecule has 0 spiro atoms. The topological polar surface area (TPSA) is 7.76 Å². The summed E-state index contributed by atoms with van der Waals surface area (Å²) in [5.41, 5.74) is 2.58. The van der Waals surface area contributed by atoms with Gasteiger partial charge in [-0.3, -0.25) is 0 Å². The van der Waals surface area contributed by atoms with Gasteiger partial charge in [0.1, 0.15) is 13.6 Å². The Labute approximate surface area is 218 Å². The Kier molecular flexibility index (Phi) is 17.3. The molecule has 0 saturated carbocycles. The zero-order valence-electron chi connectivity index (χ0n) is 23.4. The van der Waals surface area contributed by atoms with Crippen LogP contribution in [0.2, 0.25) is 0 Å². The first-order chi connectivity index (χ1) is 17.3. The zero-order chi connectivity index (χ0) is 24.8. The lowest BCUT2D eigenvalue weighted by Crippen LogP contribution is -2.32. The van der Waals surface area contributed by atoms with Gasteiger partial charge in [-0.25, -0.2) is 9.13 Å². The first-order valence-electron chi connectivity index (χ1n) is 15.2. The predicted octanol–water partition coefficient (Wildman–Crippen LogP) is 9.29. The lowest BCUT2D eigenvalue weighted by atomic mass is 10.0. The van der Waals surface area contributed by atoms with Crippen molar-refractivity contribution in [3.05, 3.63) is 49.1 Å². The van der Waals surface area contributed by atoms with Crippen molar-refractivity contribution < 1.29 is 9.13 Å². The van der Waals surface area contributed by atoms with E-state index in [1.54, 1.807) is 0 Å². The largest absolute Gasteiger partial charge is 0.208 e. The number of pyridine rings is 2. The summed E-state index contributed by atoms with van der Waals surface area (Å²) in [7, 11) is 2.06. The summed E-state index contributed by atoms with van der Waals surface area (Å²) in [5, 5.41) is 0. The van der Waals surface area contributed by atoms with Gasteiger partial charge in [-0.05, 0) is 17.5 Å². The maximum absolute atomic E-state index is 2.33. The van der Waals surface area contributed by atoms with Crippen LogP contribution in [-0.4, -0.2) is 0 Å². The molecule has 0 aliphatic carbocycles. The number of hydrogen-bond donors (Lipinski definition) is 0. The molecule has 2 aromatic heterocycles. The van der Waals surface area contributed by atoms with E-state index < -0.39 is 0 Å². The van der Waals surface area contributed by atoms with Gasteiger partial charge in [0, 0.05) is 30.7 Å². The number of aryl methyl sites for hydroxylation is 2. The molecule has 196 valence electrons. The lowest BCUT2D eigenvalue weighted by molar-refractivity contribution is -0.697. The molecular weight excluding hydrogens is 424 g/mol. The average molecular weight is 481 g/mol. The van der Waals surface area contributed by atoms with E-state index in [0.717, 1.165) is 6.54 Å². The van der Waals surface area contributed by atoms with Crippen LogP contribution in [-0.2, 0) is 13.6 Å². The molecule has 0 atom stereocenters. The van der Waals surface area contributed by atoms with E-state index in [1.165, 1.54) is 140 Å². The number of rotatable bonds is 22. The maximum atomic E-state index is 2.33. The molecule has 0 aliphatic rings. The first kappa shape index (κ1) is 29.5. The van der Waals surface area contributed by atoms with Gasteiger partial charge in [0.25, 0.3) is 0 Å². The highest BCUT2D eigenvalue weighted by molar-refractivity contribution is 5.60. The second kappa shape index (κ2) is 20.5. The van der Waals surface area contributed by atoms with Crippen molar-refractivity contribution in [3.8, 4) is 11.1 Å². The molecule has 2 rings (SSSR count). The van der Waals surface area contributed by atoms with Crippen LogP contribution in [0.4, 0.5) is 0 Å². The van der Waals surface area contributed by atoms with E-state index >= 15 is 0 Å². The fourth-order valence-electron chi connectivity index (χ4n) is 5.04. The molecule has 0 bridgehead atoms. The Bertz CT molecular complexity index is 720. The average Bonchev–Trinajstić information content (AvgIpc) is 2.88. The third-order valence-electron chi connectivity index (χ3n) is 7.47. The molecule has 0 N–H and O–H groups in total. The van der Waals surface area contributed by atoms with E-state index in [0.29, 0.717) is 0 Å². The van der Waals surface area contributed by atoms with Crippen LogP contribution in [0.25, 0.3) is 11.1 Å². The number of unbranched alkanes of at least 4 members (excludes halogenated alkanes) is 19. The van der Waals surface area contributed by atoms with E-state index in [2.05, 4.69) is 72.2 Å². The van der Waals surface area contributed by atoms with E-state index in [1.807, 2.05) is 0 Å². The fourth-order valence-corrected chi connectivity index (χ4v) is 5.04. The van der Waals surface area contributed by atoms with Crippen molar-refractivity contribution in [1.29, 1.82) is 0 Å². The van der Waals surface area contributed by atoms with Crippen LogP contribution in [0.1, 0.15) is 135 Å². The SMILES string of the molecule is CCCCCCCCCCCCCCCCCCCCCC[n+]1ccc(-c2cc[n+](C)cc2)cc1. The quantitative estimate of drug-likeness (QED) is 0.117. The van der Waals surface area contributed by atoms with E-state index in [-0.39, 0.29) is 0 Å². The van der Waals surface area contributed by atoms with Crippen molar-refractivity contribution in [1.82, 2.24) is 0 Å². The highest BCUT2D eigenvalue weighted by Gasteiger charge is 2.04. The Morgan fingerprint density at radius 1 is 0.429 bits per heavy atom. The molecule has 2 aromatic rings. The summed E-state index contributed by atoms with van der Waals surface area (Å²) >= 11 is 0. The van der Waals surface area contributed by atoms with Crippen molar-refractivity contribution in [2.75, 3.05) is 0 Å². The van der Waals surface area contributed by atoms with Crippen LogP contribution in [0, 0.1) is 0 Å². The molecular formula is C33H56N2+2. The standard InChI is InChI=1S/C33H56N2/c1-3-4-5-6-7-8-9-10-11-12-13-14-15-16-17-18-19-20-21-22-27-35-30-25-33(26-31-35)32-23-28-34(2)29-24-32/h23-26,28-31H,3-22,27H2,1-2H3/q+2.